The second-order valence-electron chi connectivity index (χ2n) is 4.32. The molecule has 2 rings (SSSR count). The Bertz CT molecular complexity index is 593. The smallest absolute Gasteiger partial charge is 0.263 e. The first-order valence-corrected chi connectivity index (χ1v) is 7.08. The number of aromatic nitrogens is 1. The van der Waals surface area contributed by atoms with Crippen molar-refractivity contribution in [2.24, 2.45) is 0 Å². The van der Waals surface area contributed by atoms with Crippen molar-refractivity contribution in [2.75, 3.05) is 18.9 Å². The van der Waals surface area contributed by atoms with E-state index in [-0.39, 0.29) is 5.91 Å². The van der Waals surface area contributed by atoms with Crippen LogP contribution in [0.4, 0.5) is 5.69 Å². The second kappa shape index (κ2) is 6.38. The number of ether oxygens (including phenoxy) is 1. The number of aryl methyl sites for hydroxylation is 2. The van der Waals surface area contributed by atoms with Crippen molar-refractivity contribution >= 4 is 22.9 Å². The van der Waals surface area contributed by atoms with Gasteiger partial charge in [-0.05, 0) is 38.1 Å². The standard InChI is InChI=1S/C14H17N3O2S/c1-9-13(20-10(2)17-9)14(18)16-7-8-19-12-5-3-11(15)4-6-12/h3-6H,7-8,15H2,1-2H3,(H,16,18). The molecule has 0 bridgehead atoms. The molecule has 1 amide bonds. The van der Waals surface area contributed by atoms with E-state index < -0.39 is 0 Å². The van der Waals surface area contributed by atoms with Crippen LogP contribution in [0, 0.1) is 13.8 Å². The van der Waals surface area contributed by atoms with Gasteiger partial charge in [-0.3, -0.25) is 4.79 Å². The van der Waals surface area contributed by atoms with Crippen molar-refractivity contribution < 1.29 is 9.53 Å². The van der Waals surface area contributed by atoms with E-state index in [0.717, 1.165) is 16.5 Å². The van der Waals surface area contributed by atoms with Gasteiger partial charge in [-0.15, -0.1) is 11.3 Å². The Morgan fingerprint density at radius 3 is 2.65 bits per heavy atom. The summed E-state index contributed by atoms with van der Waals surface area (Å²) in [6.07, 6.45) is 0. The molecule has 5 nitrogen and oxygen atoms in total. The summed E-state index contributed by atoms with van der Waals surface area (Å²) in [4.78, 5) is 16.8. The Morgan fingerprint density at radius 1 is 1.35 bits per heavy atom. The highest BCUT2D eigenvalue weighted by Crippen LogP contribution is 2.16. The largest absolute Gasteiger partial charge is 0.492 e. The Balaban J connectivity index is 1.77. The molecule has 0 radical (unpaired) electrons. The van der Waals surface area contributed by atoms with E-state index in [0.29, 0.717) is 23.7 Å². The van der Waals surface area contributed by atoms with Gasteiger partial charge in [0.25, 0.3) is 5.91 Å². The molecule has 0 unspecified atom stereocenters. The summed E-state index contributed by atoms with van der Waals surface area (Å²) in [5.41, 5.74) is 7.05. The van der Waals surface area contributed by atoms with Crippen LogP contribution in [0.15, 0.2) is 24.3 Å². The number of benzene rings is 1. The normalized spacial score (nSPS) is 10.3. The molecule has 1 aromatic carbocycles. The van der Waals surface area contributed by atoms with Crippen LogP contribution in [-0.2, 0) is 0 Å². The Morgan fingerprint density at radius 2 is 2.05 bits per heavy atom. The van der Waals surface area contributed by atoms with Gasteiger partial charge in [-0.25, -0.2) is 4.98 Å². The maximum atomic E-state index is 11.9. The van der Waals surface area contributed by atoms with Crippen LogP contribution >= 0.6 is 11.3 Å². The third kappa shape index (κ3) is 3.71. The van der Waals surface area contributed by atoms with Crippen LogP contribution in [0.3, 0.4) is 0 Å². The van der Waals surface area contributed by atoms with E-state index in [1.54, 1.807) is 24.3 Å². The molecule has 6 heteroatoms. The number of anilines is 1. The second-order valence-corrected chi connectivity index (χ2v) is 5.52. The monoisotopic (exact) mass is 291 g/mol. The molecule has 0 spiro atoms. The number of carbonyl (C=O) groups excluding carboxylic acids is 1. The van der Waals surface area contributed by atoms with Crippen LogP contribution < -0.4 is 15.8 Å². The van der Waals surface area contributed by atoms with Crippen molar-refractivity contribution in [3.8, 4) is 5.75 Å². The molecule has 0 saturated heterocycles. The molecule has 1 aromatic heterocycles. The maximum Gasteiger partial charge on any atom is 0.263 e. The summed E-state index contributed by atoms with van der Waals surface area (Å²) in [6, 6.07) is 7.15. The molecule has 0 aliphatic rings. The van der Waals surface area contributed by atoms with Gasteiger partial charge in [-0.2, -0.15) is 0 Å². The number of hydrogen-bond donors (Lipinski definition) is 2. The number of amides is 1. The number of carbonyl (C=O) groups is 1. The average Bonchev–Trinajstić information content (AvgIpc) is 2.75. The topological polar surface area (TPSA) is 77.2 Å². The number of nitrogens with two attached hydrogens (primary N) is 1. The van der Waals surface area contributed by atoms with Gasteiger partial charge in [0.2, 0.25) is 0 Å². The molecule has 0 fully saturated rings. The fourth-order valence-electron chi connectivity index (χ4n) is 1.72. The number of nitrogens with one attached hydrogen (secondary N) is 1. The van der Waals surface area contributed by atoms with Crippen LogP contribution in [0.25, 0.3) is 0 Å². The fourth-order valence-corrected chi connectivity index (χ4v) is 2.56. The molecule has 1 heterocycles. The third-order valence-corrected chi connectivity index (χ3v) is 3.72. The van der Waals surface area contributed by atoms with E-state index in [1.165, 1.54) is 11.3 Å². The molecule has 3 N–H and O–H groups in total. The number of thiazole rings is 1. The molecule has 20 heavy (non-hydrogen) atoms. The number of nitrogens with zero attached hydrogens (tertiary/aromatic N) is 1. The van der Waals surface area contributed by atoms with Crippen molar-refractivity contribution in [1.29, 1.82) is 0 Å². The first kappa shape index (κ1) is 14.3. The molecule has 0 aliphatic carbocycles. The lowest BCUT2D eigenvalue weighted by molar-refractivity contribution is 0.0950. The summed E-state index contributed by atoms with van der Waals surface area (Å²) in [7, 11) is 0. The van der Waals surface area contributed by atoms with Gasteiger partial charge >= 0.3 is 0 Å². The molecule has 106 valence electrons. The van der Waals surface area contributed by atoms with Crippen LogP contribution in [0.2, 0.25) is 0 Å². The Hall–Kier alpha value is -2.08. The summed E-state index contributed by atoms with van der Waals surface area (Å²) in [5.74, 6) is 0.632. The van der Waals surface area contributed by atoms with Crippen LogP contribution in [0.1, 0.15) is 20.4 Å². The lowest BCUT2D eigenvalue weighted by atomic mass is 10.3. The third-order valence-electron chi connectivity index (χ3n) is 2.65. The molecular formula is C14H17N3O2S. The van der Waals surface area contributed by atoms with E-state index in [2.05, 4.69) is 10.3 Å². The zero-order valence-corrected chi connectivity index (χ0v) is 12.3. The predicted molar refractivity (Wildman–Crippen MR) is 80.3 cm³/mol. The van der Waals surface area contributed by atoms with Gasteiger partial charge in [0, 0.05) is 5.69 Å². The fraction of sp³-hybridized carbons (Fsp3) is 0.286. The van der Waals surface area contributed by atoms with E-state index in [9.17, 15) is 4.79 Å². The summed E-state index contributed by atoms with van der Waals surface area (Å²) in [6.45, 7) is 4.58. The van der Waals surface area contributed by atoms with Gasteiger partial charge in [0.15, 0.2) is 0 Å². The minimum Gasteiger partial charge on any atom is -0.492 e. The SMILES string of the molecule is Cc1nc(C)c(C(=O)NCCOc2ccc(N)cc2)s1. The van der Waals surface area contributed by atoms with E-state index in [4.69, 9.17) is 10.5 Å². The Kier molecular flexibility index (Phi) is 4.57. The van der Waals surface area contributed by atoms with Gasteiger partial charge in [0.05, 0.1) is 17.2 Å². The first-order valence-electron chi connectivity index (χ1n) is 6.27. The zero-order chi connectivity index (χ0) is 14.5. The quantitative estimate of drug-likeness (QED) is 0.653. The lowest BCUT2D eigenvalue weighted by Gasteiger charge is -2.07. The summed E-state index contributed by atoms with van der Waals surface area (Å²) in [5, 5.41) is 3.71. The predicted octanol–water partition coefficient (Wildman–Crippen LogP) is 2.15. The van der Waals surface area contributed by atoms with Crippen LogP contribution in [-0.4, -0.2) is 24.0 Å². The van der Waals surface area contributed by atoms with Gasteiger partial charge < -0.3 is 15.8 Å². The minimum absolute atomic E-state index is 0.103. The molecule has 0 aliphatic heterocycles. The highest BCUT2D eigenvalue weighted by molar-refractivity contribution is 7.13. The van der Waals surface area contributed by atoms with Gasteiger partial charge in [-0.1, -0.05) is 0 Å². The van der Waals surface area contributed by atoms with E-state index in [1.807, 2.05) is 13.8 Å². The summed E-state index contributed by atoms with van der Waals surface area (Å²) >= 11 is 1.40. The molecule has 2 aromatic rings. The summed E-state index contributed by atoms with van der Waals surface area (Å²) < 4.78 is 5.50. The highest BCUT2D eigenvalue weighted by atomic mass is 32.1. The Labute approximate surface area is 121 Å². The number of nitrogen functional groups attached to an aromatic ring is 1. The zero-order valence-electron chi connectivity index (χ0n) is 11.5. The van der Waals surface area contributed by atoms with Crippen molar-refractivity contribution in [3.63, 3.8) is 0 Å². The van der Waals surface area contributed by atoms with Crippen molar-refractivity contribution in [1.82, 2.24) is 10.3 Å². The molecule has 0 saturated carbocycles. The number of hydrogen-bond acceptors (Lipinski definition) is 5. The van der Waals surface area contributed by atoms with Crippen LogP contribution in [0.5, 0.6) is 5.75 Å². The average molecular weight is 291 g/mol. The van der Waals surface area contributed by atoms with Crippen molar-refractivity contribution in [2.45, 2.75) is 13.8 Å². The van der Waals surface area contributed by atoms with Crippen molar-refractivity contribution in [3.05, 3.63) is 39.8 Å². The highest BCUT2D eigenvalue weighted by Gasteiger charge is 2.12. The van der Waals surface area contributed by atoms with Gasteiger partial charge in [0.1, 0.15) is 17.2 Å². The number of rotatable bonds is 5. The van der Waals surface area contributed by atoms with E-state index >= 15 is 0 Å². The lowest BCUT2D eigenvalue weighted by Crippen LogP contribution is -2.27. The molecular weight excluding hydrogens is 274 g/mol. The maximum absolute atomic E-state index is 11.9. The first-order chi connectivity index (χ1) is 9.56. The minimum atomic E-state index is -0.103. The molecule has 0 atom stereocenters.